The maximum atomic E-state index is 6.35. The standard InChI is InChI=1S/C20H25NO3/c1-22-20(18-8-4-2-5-9-18,19-10-6-3-7-11-19)24-17-14-21-12-15-23-16-13-21/h2-11H,12-17H2,1H3. The van der Waals surface area contributed by atoms with Gasteiger partial charge in [0.05, 0.1) is 19.8 Å². The lowest BCUT2D eigenvalue weighted by Gasteiger charge is -2.35. The van der Waals surface area contributed by atoms with Crippen molar-refractivity contribution in [1.82, 2.24) is 4.90 Å². The second kappa shape index (κ2) is 8.40. The molecule has 0 radical (unpaired) electrons. The summed E-state index contributed by atoms with van der Waals surface area (Å²) in [4.78, 5) is 2.36. The van der Waals surface area contributed by atoms with E-state index in [1.54, 1.807) is 7.11 Å². The zero-order valence-corrected chi connectivity index (χ0v) is 14.2. The molecule has 1 fully saturated rings. The molecule has 4 heteroatoms. The summed E-state index contributed by atoms with van der Waals surface area (Å²) >= 11 is 0. The second-order valence-electron chi connectivity index (χ2n) is 5.86. The highest BCUT2D eigenvalue weighted by atomic mass is 16.7. The summed E-state index contributed by atoms with van der Waals surface area (Å²) in [7, 11) is 1.70. The maximum Gasteiger partial charge on any atom is 0.222 e. The topological polar surface area (TPSA) is 30.9 Å². The molecule has 3 rings (SSSR count). The Bertz CT molecular complexity index is 557. The lowest BCUT2D eigenvalue weighted by atomic mass is 9.97. The highest BCUT2D eigenvalue weighted by molar-refractivity contribution is 5.33. The predicted octanol–water partition coefficient (Wildman–Crippen LogP) is 2.88. The van der Waals surface area contributed by atoms with Crippen molar-refractivity contribution in [2.75, 3.05) is 46.6 Å². The van der Waals surface area contributed by atoms with Gasteiger partial charge >= 0.3 is 0 Å². The van der Waals surface area contributed by atoms with Crippen molar-refractivity contribution in [2.45, 2.75) is 5.79 Å². The van der Waals surface area contributed by atoms with Crippen LogP contribution in [0.25, 0.3) is 0 Å². The lowest BCUT2D eigenvalue weighted by Crippen LogP contribution is -2.41. The first-order chi connectivity index (χ1) is 11.8. The van der Waals surface area contributed by atoms with Crippen LogP contribution in [0.2, 0.25) is 0 Å². The first kappa shape index (κ1) is 17.1. The van der Waals surface area contributed by atoms with Gasteiger partial charge in [0.15, 0.2) is 0 Å². The number of hydrogen-bond acceptors (Lipinski definition) is 4. The SMILES string of the molecule is COC(OCCN1CCOCC1)(c1ccccc1)c1ccccc1. The summed E-state index contributed by atoms with van der Waals surface area (Å²) in [6.07, 6.45) is 0. The molecule has 1 aliphatic rings. The molecule has 0 atom stereocenters. The molecular formula is C20H25NO3. The van der Waals surface area contributed by atoms with E-state index >= 15 is 0 Å². The van der Waals surface area contributed by atoms with Crippen molar-refractivity contribution in [3.05, 3.63) is 71.8 Å². The average molecular weight is 327 g/mol. The van der Waals surface area contributed by atoms with Crippen molar-refractivity contribution in [1.29, 1.82) is 0 Å². The van der Waals surface area contributed by atoms with Gasteiger partial charge in [-0.3, -0.25) is 4.90 Å². The maximum absolute atomic E-state index is 6.35. The summed E-state index contributed by atoms with van der Waals surface area (Å²) in [6, 6.07) is 20.2. The molecule has 1 saturated heterocycles. The van der Waals surface area contributed by atoms with Crippen molar-refractivity contribution in [3.8, 4) is 0 Å². The van der Waals surface area contributed by atoms with Crippen LogP contribution >= 0.6 is 0 Å². The molecule has 0 aromatic heterocycles. The van der Waals surface area contributed by atoms with Gasteiger partial charge in [0.25, 0.3) is 0 Å². The van der Waals surface area contributed by atoms with Crippen LogP contribution in [0.4, 0.5) is 0 Å². The van der Waals surface area contributed by atoms with Crippen molar-refractivity contribution in [2.24, 2.45) is 0 Å². The smallest absolute Gasteiger partial charge is 0.222 e. The van der Waals surface area contributed by atoms with E-state index in [-0.39, 0.29) is 0 Å². The van der Waals surface area contributed by atoms with Crippen molar-refractivity contribution in [3.63, 3.8) is 0 Å². The Morgan fingerprint density at radius 3 is 1.96 bits per heavy atom. The number of rotatable bonds is 7. The van der Waals surface area contributed by atoms with Crippen LogP contribution in [0, 0.1) is 0 Å². The number of nitrogens with zero attached hydrogens (tertiary/aromatic N) is 1. The third-order valence-corrected chi connectivity index (χ3v) is 4.41. The van der Waals surface area contributed by atoms with Gasteiger partial charge in [0, 0.05) is 37.9 Å². The molecule has 4 nitrogen and oxygen atoms in total. The van der Waals surface area contributed by atoms with Crippen LogP contribution < -0.4 is 0 Å². The number of ether oxygens (including phenoxy) is 3. The molecule has 2 aromatic carbocycles. The lowest BCUT2D eigenvalue weighted by molar-refractivity contribution is -0.204. The molecular weight excluding hydrogens is 302 g/mol. The Kier molecular flexibility index (Phi) is 5.99. The van der Waals surface area contributed by atoms with Crippen LogP contribution in [0.1, 0.15) is 11.1 Å². The predicted molar refractivity (Wildman–Crippen MR) is 93.9 cm³/mol. The van der Waals surface area contributed by atoms with Gasteiger partial charge in [-0.1, -0.05) is 60.7 Å². The number of hydrogen-bond donors (Lipinski definition) is 0. The number of methoxy groups -OCH3 is 1. The summed E-state index contributed by atoms with van der Waals surface area (Å²) in [5, 5.41) is 0. The van der Waals surface area contributed by atoms with Gasteiger partial charge in [0.1, 0.15) is 0 Å². The molecule has 0 amide bonds. The van der Waals surface area contributed by atoms with E-state index in [9.17, 15) is 0 Å². The Hall–Kier alpha value is -1.72. The van der Waals surface area contributed by atoms with E-state index in [2.05, 4.69) is 4.90 Å². The molecule has 0 spiro atoms. The van der Waals surface area contributed by atoms with Gasteiger partial charge in [-0.2, -0.15) is 0 Å². The molecule has 1 heterocycles. The van der Waals surface area contributed by atoms with E-state index in [0.29, 0.717) is 6.61 Å². The number of benzene rings is 2. The fourth-order valence-electron chi connectivity index (χ4n) is 3.09. The third-order valence-electron chi connectivity index (χ3n) is 4.41. The third kappa shape index (κ3) is 3.84. The van der Waals surface area contributed by atoms with E-state index in [4.69, 9.17) is 14.2 Å². The average Bonchev–Trinajstić information content (AvgIpc) is 2.68. The van der Waals surface area contributed by atoms with Crippen LogP contribution in [-0.2, 0) is 20.0 Å². The molecule has 24 heavy (non-hydrogen) atoms. The molecule has 0 unspecified atom stereocenters. The first-order valence-corrected chi connectivity index (χ1v) is 8.45. The highest BCUT2D eigenvalue weighted by Gasteiger charge is 2.35. The molecule has 0 saturated carbocycles. The van der Waals surface area contributed by atoms with Gasteiger partial charge in [-0.05, 0) is 0 Å². The molecule has 128 valence electrons. The van der Waals surface area contributed by atoms with Crippen molar-refractivity contribution < 1.29 is 14.2 Å². The Morgan fingerprint density at radius 1 is 0.917 bits per heavy atom. The summed E-state index contributed by atoms with van der Waals surface area (Å²) in [6.45, 7) is 4.98. The second-order valence-corrected chi connectivity index (χ2v) is 5.86. The largest absolute Gasteiger partial charge is 0.379 e. The fraction of sp³-hybridized carbons (Fsp3) is 0.400. The van der Waals surface area contributed by atoms with Gasteiger partial charge < -0.3 is 14.2 Å². The van der Waals surface area contributed by atoms with Gasteiger partial charge in [-0.15, -0.1) is 0 Å². The molecule has 0 bridgehead atoms. The van der Waals surface area contributed by atoms with Crippen LogP contribution in [0.15, 0.2) is 60.7 Å². The molecule has 0 N–H and O–H groups in total. The summed E-state index contributed by atoms with van der Waals surface area (Å²) in [5.41, 5.74) is 2.00. The van der Waals surface area contributed by atoms with E-state index < -0.39 is 5.79 Å². The normalized spacial score (nSPS) is 16.2. The van der Waals surface area contributed by atoms with Gasteiger partial charge in [0.2, 0.25) is 5.79 Å². The quantitative estimate of drug-likeness (QED) is 0.732. The Labute approximate surface area is 144 Å². The van der Waals surface area contributed by atoms with Crippen LogP contribution in [0.3, 0.4) is 0 Å². The minimum Gasteiger partial charge on any atom is -0.379 e. The highest BCUT2D eigenvalue weighted by Crippen LogP contribution is 2.34. The first-order valence-electron chi connectivity index (χ1n) is 8.45. The zero-order valence-electron chi connectivity index (χ0n) is 14.2. The Morgan fingerprint density at radius 2 is 1.46 bits per heavy atom. The van der Waals surface area contributed by atoms with Gasteiger partial charge in [-0.25, -0.2) is 0 Å². The van der Waals surface area contributed by atoms with E-state index in [0.717, 1.165) is 44.0 Å². The Balaban J connectivity index is 1.79. The van der Waals surface area contributed by atoms with Crippen LogP contribution in [-0.4, -0.2) is 51.5 Å². The zero-order chi connectivity index (χ0) is 16.7. The minimum atomic E-state index is -0.880. The van der Waals surface area contributed by atoms with Crippen LogP contribution in [0.5, 0.6) is 0 Å². The molecule has 0 aliphatic carbocycles. The van der Waals surface area contributed by atoms with E-state index in [1.807, 2.05) is 60.7 Å². The monoisotopic (exact) mass is 327 g/mol. The molecule has 2 aromatic rings. The van der Waals surface area contributed by atoms with Crippen molar-refractivity contribution >= 4 is 0 Å². The fourth-order valence-corrected chi connectivity index (χ4v) is 3.09. The summed E-state index contributed by atoms with van der Waals surface area (Å²) in [5.74, 6) is -0.880. The minimum absolute atomic E-state index is 0.595. The number of morpholine rings is 1. The molecule has 1 aliphatic heterocycles. The van der Waals surface area contributed by atoms with E-state index in [1.165, 1.54) is 0 Å². The summed E-state index contributed by atoms with van der Waals surface area (Å²) < 4.78 is 17.7.